The van der Waals surface area contributed by atoms with Crippen molar-refractivity contribution in [1.82, 2.24) is 0 Å². The topological polar surface area (TPSA) is 93.5 Å². The number of carbonyl (C=O) groups excluding carboxylic acids is 2. The lowest BCUT2D eigenvalue weighted by molar-refractivity contribution is -0.119. The zero-order valence-electron chi connectivity index (χ0n) is 15.2. The van der Waals surface area contributed by atoms with Crippen LogP contribution in [0.4, 0.5) is 11.4 Å². The van der Waals surface area contributed by atoms with Gasteiger partial charge in [0, 0.05) is 17.4 Å². The van der Waals surface area contributed by atoms with E-state index in [-0.39, 0.29) is 12.5 Å². The monoisotopic (exact) mass is 375 g/mol. The number of nitrogens with two attached hydrogens (primary N) is 1. The fraction of sp³-hybridized carbons (Fsp3) is 0.0909. The fourth-order valence-corrected chi connectivity index (χ4v) is 2.67. The Labute approximate surface area is 163 Å². The average Bonchev–Trinajstić information content (AvgIpc) is 2.72. The molecule has 0 aliphatic rings. The van der Waals surface area contributed by atoms with Crippen molar-refractivity contribution in [1.29, 1.82) is 0 Å². The van der Waals surface area contributed by atoms with E-state index < -0.39 is 11.9 Å². The summed E-state index contributed by atoms with van der Waals surface area (Å²) in [6, 6.07) is 24.7. The number of ether oxygens (including phenoxy) is 1. The Kier molecular flexibility index (Phi) is 6.25. The standard InChI is InChI=1S/C22H21N3O3/c23-22(27)21(16-8-3-1-4-9-16)25-18-12-7-13-19(14-18)28-15-20(26)24-17-10-5-2-6-11-17/h1-14,21,25H,15H2,(H2,23,27)(H,24,26)/t21-/m0/s1. The van der Waals surface area contributed by atoms with Gasteiger partial charge in [-0.05, 0) is 29.8 Å². The van der Waals surface area contributed by atoms with Crippen LogP contribution in [-0.4, -0.2) is 18.4 Å². The summed E-state index contributed by atoms with van der Waals surface area (Å²) in [6.07, 6.45) is 0. The van der Waals surface area contributed by atoms with Gasteiger partial charge in [-0.3, -0.25) is 9.59 Å². The van der Waals surface area contributed by atoms with E-state index in [1.807, 2.05) is 48.5 Å². The minimum absolute atomic E-state index is 0.129. The number of para-hydroxylation sites is 1. The average molecular weight is 375 g/mol. The van der Waals surface area contributed by atoms with Crippen LogP contribution in [0.1, 0.15) is 11.6 Å². The normalized spacial score (nSPS) is 11.3. The van der Waals surface area contributed by atoms with Gasteiger partial charge in [-0.2, -0.15) is 0 Å². The van der Waals surface area contributed by atoms with Crippen molar-refractivity contribution in [2.75, 3.05) is 17.2 Å². The van der Waals surface area contributed by atoms with Gasteiger partial charge in [-0.25, -0.2) is 0 Å². The summed E-state index contributed by atoms with van der Waals surface area (Å²) >= 11 is 0. The van der Waals surface area contributed by atoms with Crippen LogP contribution in [0.3, 0.4) is 0 Å². The van der Waals surface area contributed by atoms with E-state index in [9.17, 15) is 9.59 Å². The Hall–Kier alpha value is -3.80. The van der Waals surface area contributed by atoms with Crippen molar-refractivity contribution >= 4 is 23.2 Å². The summed E-state index contributed by atoms with van der Waals surface area (Å²) in [5.74, 6) is -0.242. The molecule has 0 saturated carbocycles. The van der Waals surface area contributed by atoms with Crippen molar-refractivity contribution in [3.63, 3.8) is 0 Å². The molecule has 142 valence electrons. The zero-order valence-corrected chi connectivity index (χ0v) is 15.2. The Morgan fingerprint density at radius 2 is 1.50 bits per heavy atom. The summed E-state index contributed by atoms with van der Waals surface area (Å²) in [4.78, 5) is 23.9. The Bertz CT molecular complexity index is 930. The van der Waals surface area contributed by atoms with E-state index in [1.54, 1.807) is 36.4 Å². The third-order valence-electron chi connectivity index (χ3n) is 3.99. The predicted molar refractivity (Wildman–Crippen MR) is 109 cm³/mol. The van der Waals surface area contributed by atoms with E-state index in [0.717, 1.165) is 5.56 Å². The van der Waals surface area contributed by atoms with Gasteiger partial charge in [-0.15, -0.1) is 0 Å². The lowest BCUT2D eigenvalue weighted by Crippen LogP contribution is -2.27. The van der Waals surface area contributed by atoms with Gasteiger partial charge in [0.1, 0.15) is 11.8 Å². The molecule has 0 aliphatic heterocycles. The van der Waals surface area contributed by atoms with Crippen LogP contribution in [0.5, 0.6) is 5.75 Å². The van der Waals surface area contributed by atoms with E-state index >= 15 is 0 Å². The van der Waals surface area contributed by atoms with E-state index in [1.165, 1.54) is 0 Å². The highest BCUT2D eigenvalue weighted by Gasteiger charge is 2.17. The molecule has 4 N–H and O–H groups in total. The molecule has 2 amide bonds. The summed E-state index contributed by atoms with van der Waals surface area (Å²) < 4.78 is 5.56. The molecular weight excluding hydrogens is 354 g/mol. The maximum atomic E-state index is 12.0. The summed E-state index contributed by atoms with van der Waals surface area (Å²) in [5.41, 5.74) is 7.68. The second-order valence-electron chi connectivity index (χ2n) is 6.12. The largest absolute Gasteiger partial charge is 0.484 e. The van der Waals surface area contributed by atoms with Crippen LogP contribution in [0, 0.1) is 0 Å². The minimum atomic E-state index is -0.669. The number of anilines is 2. The molecule has 0 spiro atoms. The number of hydrogen-bond donors (Lipinski definition) is 3. The molecule has 0 heterocycles. The smallest absolute Gasteiger partial charge is 0.262 e. The number of benzene rings is 3. The molecule has 6 nitrogen and oxygen atoms in total. The third-order valence-corrected chi connectivity index (χ3v) is 3.99. The molecule has 28 heavy (non-hydrogen) atoms. The van der Waals surface area contributed by atoms with Crippen LogP contribution in [-0.2, 0) is 9.59 Å². The molecule has 0 fully saturated rings. The van der Waals surface area contributed by atoms with Crippen molar-refractivity contribution in [2.45, 2.75) is 6.04 Å². The molecule has 6 heteroatoms. The first-order valence-electron chi connectivity index (χ1n) is 8.80. The van der Waals surface area contributed by atoms with E-state index in [2.05, 4.69) is 10.6 Å². The number of carbonyl (C=O) groups is 2. The SMILES string of the molecule is NC(=O)[C@@H](Nc1cccc(OCC(=O)Nc2ccccc2)c1)c1ccccc1. The Morgan fingerprint density at radius 3 is 2.18 bits per heavy atom. The molecule has 0 bridgehead atoms. The van der Waals surface area contributed by atoms with Crippen LogP contribution in [0.15, 0.2) is 84.9 Å². The zero-order chi connectivity index (χ0) is 19.8. The first kappa shape index (κ1) is 19.0. The first-order valence-corrected chi connectivity index (χ1v) is 8.80. The van der Waals surface area contributed by atoms with Gasteiger partial charge in [0.05, 0.1) is 0 Å². The minimum Gasteiger partial charge on any atom is -0.484 e. The summed E-state index contributed by atoms with van der Waals surface area (Å²) in [5, 5.41) is 5.86. The van der Waals surface area contributed by atoms with E-state index in [4.69, 9.17) is 10.5 Å². The van der Waals surface area contributed by atoms with Crippen molar-refractivity contribution in [3.05, 3.63) is 90.5 Å². The second kappa shape index (κ2) is 9.23. The van der Waals surface area contributed by atoms with Crippen LogP contribution >= 0.6 is 0 Å². The highest BCUT2D eigenvalue weighted by molar-refractivity contribution is 5.91. The maximum Gasteiger partial charge on any atom is 0.262 e. The molecule has 3 rings (SSSR count). The van der Waals surface area contributed by atoms with Gasteiger partial charge in [0.25, 0.3) is 5.91 Å². The number of rotatable bonds is 8. The number of hydrogen-bond acceptors (Lipinski definition) is 4. The molecular formula is C22H21N3O3. The van der Waals surface area contributed by atoms with Crippen LogP contribution in [0.2, 0.25) is 0 Å². The third kappa shape index (κ3) is 5.35. The number of amides is 2. The van der Waals surface area contributed by atoms with Crippen molar-refractivity contribution in [2.24, 2.45) is 5.73 Å². The predicted octanol–water partition coefficient (Wildman–Crippen LogP) is 3.34. The highest BCUT2D eigenvalue weighted by atomic mass is 16.5. The van der Waals surface area contributed by atoms with Gasteiger partial charge in [0.2, 0.25) is 5.91 Å². The van der Waals surface area contributed by atoms with Gasteiger partial charge in [0.15, 0.2) is 6.61 Å². The number of primary amides is 1. The van der Waals surface area contributed by atoms with Crippen LogP contribution in [0.25, 0.3) is 0 Å². The molecule has 0 unspecified atom stereocenters. The summed E-state index contributed by atoms with van der Waals surface area (Å²) in [7, 11) is 0. The van der Waals surface area contributed by atoms with Gasteiger partial charge < -0.3 is 21.1 Å². The fourth-order valence-electron chi connectivity index (χ4n) is 2.67. The van der Waals surface area contributed by atoms with Crippen molar-refractivity contribution in [3.8, 4) is 5.75 Å². The Morgan fingerprint density at radius 1 is 0.857 bits per heavy atom. The number of nitrogens with one attached hydrogen (secondary N) is 2. The summed E-state index contributed by atoms with van der Waals surface area (Å²) in [6.45, 7) is -0.129. The quantitative estimate of drug-likeness (QED) is 0.563. The molecule has 1 atom stereocenters. The Balaban J connectivity index is 1.62. The molecule has 0 aliphatic carbocycles. The lowest BCUT2D eigenvalue weighted by Gasteiger charge is -2.17. The van der Waals surface area contributed by atoms with E-state index in [0.29, 0.717) is 17.1 Å². The first-order chi connectivity index (χ1) is 13.6. The molecule has 3 aromatic carbocycles. The molecule has 0 radical (unpaired) electrons. The van der Waals surface area contributed by atoms with Gasteiger partial charge in [-0.1, -0.05) is 54.6 Å². The van der Waals surface area contributed by atoms with Crippen LogP contribution < -0.4 is 21.1 Å². The van der Waals surface area contributed by atoms with Gasteiger partial charge >= 0.3 is 0 Å². The second-order valence-corrected chi connectivity index (χ2v) is 6.12. The molecule has 0 saturated heterocycles. The maximum absolute atomic E-state index is 12.0. The lowest BCUT2D eigenvalue weighted by atomic mass is 10.1. The highest BCUT2D eigenvalue weighted by Crippen LogP contribution is 2.23. The van der Waals surface area contributed by atoms with Crippen molar-refractivity contribution < 1.29 is 14.3 Å². The molecule has 3 aromatic rings. The molecule has 0 aromatic heterocycles.